The fourth-order valence-corrected chi connectivity index (χ4v) is 4.27. The van der Waals surface area contributed by atoms with Crippen molar-refractivity contribution in [2.24, 2.45) is 15.6 Å². The lowest BCUT2D eigenvalue weighted by Crippen LogP contribution is -2.12. The molecule has 1 aliphatic rings. The molecule has 1 aliphatic heterocycles. The summed E-state index contributed by atoms with van der Waals surface area (Å²) in [6.07, 6.45) is -2.53. The van der Waals surface area contributed by atoms with Crippen LogP contribution >= 0.6 is 10.9 Å². The number of halogens is 3. The molecule has 0 amide bonds. The van der Waals surface area contributed by atoms with E-state index in [9.17, 15) is 13.2 Å². The van der Waals surface area contributed by atoms with Gasteiger partial charge in [0, 0.05) is 22.3 Å². The van der Waals surface area contributed by atoms with Crippen molar-refractivity contribution < 1.29 is 18.0 Å². The topological polar surface area (TPSA) is 34.0 Å². The average molecular weight is 336 g/mol. The summed E-state index contributed by atoms with van der Waals surface area (Å²) < 4.78 is 37.5. The van der Waals surface area contributed by atoms with Crippen LogP contribution in [0.25, 0.3) is 0 Å². The standard InChI is InChI=1S/C15H23F3N2OS/c1-6-21-20-10(2)12-13(15(3,4)5)19-9-22(12)8-7-11(16)14(17)18/h9,22H,6-8H2,1-5H3/b20-10+. The van der Waals surface area contributed by atoms with Crippen molar-refractivity contribution in [3.63, 3.8) is 0 Å². The molecule has 0 saturated heterocycles. The van der Waals surface area contributed by atoms with Crippen LogP contribution in [-0.4, -0.2) is 23.6 Å². The smallest absolute Gasteiger partial charge is 0.301 e. The van der Waals surface area contributed by atoms with E-state index in [4.69, 9.17) is 4.84 Å². The molecular formula is C15H23F3N2OS. The number of thiol groups is 1. The third-order valence-corrected chi connectivity index (χ3v) is 5.21. The number of hydrogen-bond acceptors (Lipinski definition) is 3. The molecule has 0 radical (unpaired) electrons. The van der Waals surface area contributed by atoms with Crippen LogP contribution in [0, 0.1) is 5.41 Å². The molecule has 0 fully saturated rings. The molecule has 0 aromatic carbocycles. The van der Waals surface area contributed by atoms with Gasteiger partial charge in [-0.25, -0.2) is 4.39 Å². The Labute approximate surface area is 132 Å². The lowest BCUT2D eigenvalue weighted by Gasteiger charge is -2.23. The molecule has 0 spiro atoms. The van der Waals surface area contributed by atoms with Crippen molar-refractivity contribution in [2.45, 2.75) is 41.0 Å². The van der Waals surface area contributed by atoms with Crippen LogP contribution in [0.2, 0.25) is 0 Å². The van der Waals surface area contributed by atoms with Crippen molar-refractivity contribution in [3.8, 4) is 0 Å². The summed E-state index contributed by atoms with van der Waals surface area (Å²) in [5, 5.41) is 4.04. The lowest BCUT2D eigenvalue weighted by molar-refractivity contribution is 0.159. The number of aliphatic imine (C=N–C) groups is 1. The number of rotatable bonds is 6. The molecule has 0 N–H and O–H groups in total. The van der Waals surface area contributed by atoms with E-state index >= 15 is 0 Å². The third-order valence-electron chi connectivity index (χ3n) is 3.00. The molecule has 7 heteroatoms. The molecule has 1 rings (SSSR count). The second-order valence-electron chi connectivity index (χ2n) is 5.89. The predicted molar refractivity (Wildman–Crippen MR) is 88.5 cm³/mol. The zero-order valence-electron chi connectivity index (χ0n) is 13.6. The van der Waals surface area contributed by atoms with E-state index in [0.29, 0.717) is 12.3 Å². The van der Waals surface area contributed by atoms with Crippen LogP contribution in [-0.2, 0) is 4.84 Å². The second-order valence-corrected chi connectivity index (χ2v) is 7.96. The van der Waals surface area contributed by atoms with Gasteiger partial charge in [0.25, 0.3) is 0 Å². The summed E-state index contributed by atoms with van der Waals surface area (Å²) in [6.45, 7) is 10.1. The molecule has 0 bridgehead atoms. The van der Waals surface area contributed by atoms with E-state index in [1.165, 1.54) is 0 Å². The summed E-state index contributed by atoms with van der Waals surface area (Å²) in [4.78, 5) is 10.4. The highest BCUT2D eigenvalue weighted by Crippen LogP contribution is 2.47. The second kappa shape index (κ2) is 7.85. The van der Waals surface area contributed by atoms with Crippen molar-refractivity contribution >= 4 is 22.2 Å². The number of allylic oxidation sites excluding steroid dienone is 3. The van der Waals surface area contributed by atoms with Crippen LogP contribution in [0.5, 0.6) is 0 Å². The first-order valence-electron chi connectivity index (χ1n) is 7.10. The van der Waals surface area contributed by atoms with E-state index in [1.807, 2.05) is 34.6 Å². The van der Waals surface area contributed by atoms with Crippen molar-refractivity contribution in [3.05, 3.63) is 22.5 Å². The highest BCUT2D eigenvalue weighted by atomic mass is 32.2. The minimum atomic E-state index is -2.24. The minimum absolute atomic E-state index is 0.203. The molecule has 0 aromatic rings. The van der Waals surface area contributed by atoms with Gasteiger partial charge in [-0.1, -0.05) is 25.9 Å². The summed E-state index contributed by atoms with van der Waals surface area (Å²) in [5.74, 6) is -1.06. The summed E-state index contributed by atoms with van der Waals surface area (Å²) in [6, 6.07) is 0. The lowest BCUT2D eigenvalue weighted by atomic mass is 9.91. The van der Waals surface area contributed by atoms with Gasteiger partial charge >= 0.3 is 6.08 Å². The Balaban J connectivity index is 3.06. The average Bonchev–Trinajstić information content (AvgIpc) is 2.85. The molecule has 0 aromatic heterocycles. The monoisotopic (exact) mass is 336 g/mol. The van der Waals surface area contributed by atoms with Crippen molar-refractivity contribution in [1.82, 2.24) is 0 Å². The highest BCUT2D eigenvalue weighted by molar-refractivity contribution is 8.32. The minimum Gasteiger partial charge on any atom is -0.396 e. The molecule has 1 unspecified atom stereocenters. The predicted octanol–water partition coefficient (Wildman–Crippen LogP) is 5.17. The maximum absolute atomic E-state index is 13.1. The Morgan fingerprint density at radius 1 is 1.32 bits per heavy atom. The van der Waals surface area contributed by atoms with Crippen LogP contribution in [0.3, 0.4) is 0 Å². The Morgan fingerprint density at radius 2 is 1.95 bits per heavy atom. The fraction of sp³-hybridized carbons (Fsp3) is 0.600. The largest absolute Gasteiger partial charge is 0.396 e. The van der Waals surface area contributed by atoms with E-state index in [0.717, 1.165) is 10.6 Å². The van der Waals surface area contributed by atoms with Gasteiger partial charge in [-0.05, 0) is 19.6 Å². The maximum Gasteiger partial charge on any atom is 0.301 e. The number of hydrogen-bond donors (Lipinski definition) is 1. The van der Waals surface area contributed by atoms with E-state index in [2.05, 4.69) is 10.1 Å². The number of nitrogens with zero attached hydrogens (tertiary/aromatic N) is 2. The fourth-order valence-electron chi connectivity index (χ4n) is 2.00. The molecular weight excluding hydrogens is 313 g/mol. The van der Waals surface area contributed by atoms with Gasteiger partial charge in [0.05, 0.1) is 11.4 Å². The van der Waals surface area contributed by atoms with Gasteiger partial charge in [0.1, 0.15) is 6.61 Å². The highest BCUT2D eigenvalue weighted by Gasteiger charge is 2.29. The normalized spacial score (nSPS) is 20.5. The first-order chi connectivity index (χ1) is 10.2. The van der Waals surface area contributed by atoms with Gasteiger partial charge in [-0.15, -0.1) is 0 Å². The van der Waals surface area contributed by atoms with Gasteiger partial charge in [0.2, 0.25) is 0 Å². The molecule has 0 saturated carbocycles. The van der Waals surface area contributed by atoms with Gasteiger partial charge in [0.15, 0.2) is 5.83 Å². The molecule has 22 heavy (non-hydrogen) atoms. The Morgan fingerprint density at radius 3 is 2.45 bits per heavy atom. The maximum atomic E-state index is 13.1. The zero-order valence-corrected chi connectivity index (χ0v) is 14.5. The molecule has 0 aliphatic carbocycles. The first-order valence-corrected chi connectivity index (χ1v) is 8.70. The van der Waals surface area contributed by atoms with Crippen LogP contribution in [0.4, 0.5) is 13.2 Å². The number of oxime groups is 1. The van der Waals surface area contributed by atoms with Crippen LogP contribution in [0.1, 0.15) is 41.0 Å². The van der Waals surface area contributed by atoms with Gasteiger partial charge < -0.3 is 4.84 Å². The molecule has 3 nitrogen and oxygen atoms in total. The third kappa shape index (κ3) is 4.90. The summed E-state index contributed by atoms with van der Waals surface area (Å²) in [5.41, 5.74) is 3.09. The SMILES string of the molecule is CCO/N=C(\C)C1=C(C(C)(C)C)N=C[SH]1CCC(F)=C(F)F. The summed E-state index contributed by atoms with van der Waals surface area (Å²) in [7, 11) is -0.956. The van der Waals surface area contributed by atoms with E-state index < -0.39 is 22.8 Å². The molecule has 126 valence electrons. The van der Waals surface area contributed by atoms with Crippen LogP contribution < -0.4 is 0 Å². The summed E-state index contributed by atoms with van der Waals surface area (Å²) >= 11 is 0. The Hall–Kier alpha value is -1.24. The molecule has 1 heterocycles. The first kappa shape index (κ1) is 18.8. The van der Waals surface area contributed by atoms with E-state index in [1.54, 1.807) is 5.55 Å². The van der Waals surface area contributed by atoms with Crippen molar-refractivity contribution in [1.29, 1.82) is 0 Å². The Bertz CT molecular complexity index is 529. The Kier molecular flexibility index (Phi) is 6.71. The zero-order chi connectivity index (χ0) is 16.9. The molecule has 1 atom stereocenters. The van der Waals surface area contributed by atoms with Crippen LogP contribution in [0.15, 0.2) is 32.7 Å². The van der Waals surface area contributed by atoms with Gasteiger partial charge in [-0.3, -0.25) is 4.99 Å². The van der Waals surface area contributed by atoms with Crippen molar-refractivity contribution in [2.75, 3.05) is 12.4 Å². The quantitative estimate of drug-likeness (QED) is 0.405. The van der Waals surface area contributed by atoms with Gasteiger partial charge in [-0.2, -0.15) is 19.7 Å². The van der Waals surface area contributed by atoms with E-state index in [-0.39, 0.29) is 17.6 Å².